The third kappa shape index (κ3) is 1.60. The first kappa shape index (κ1) is 7.84. The lowest BCUT2D eigenvalue weighted by Gasteiger charge is -2.33. The van der Waals surface area contributed by atoms with Crippen LogP contribution in [-0.4, -0.2) is 23.1 Å². The van der Waals surface area contributed by atoms with Crippen molar-refractivity contribution in [3.63, 3.8) is 0 Å². The highest BCUT2D eigenvalue weighted by atomic mass is 16.4. The van der Waals surface area contributed by atoms with Crippen molar-refractivity contribution < 1.29 is 9.90 Å². The zero-order valence-corrected chi connectivity index (χ0v) is 6.00. The molecule has 11 heavy (non-hydrogen) atoms. The Bertz CT molecular complexity index is 192. The Hall–Kier alpha value is -1.26. The molecule has 0 aliphatic heterocycles. The number of carboxylic acids is 1. The molecule has 5 heteroatoms. The lowest BCUT2D eigenvalue weighted by atomic mass is 9.80. The van der Waals surface area contributed by atoms with E-state index in [0.29, 0.717) is 6.42 Å². The predicted octanol–water partition coefficient (Wildman–Crippen LogP) is -0.667. The summed E-state index contributed by atoms with van der Waals surface area (Å²) in [4.78, 5) is 10.4. The van der Waals surface area contributed by atoms with Crippen molar-refractivity contribution >= 4 is 11.9 Å². The molecule has 2 atom stereocenters. The Morgan fingerprint density at radius 2 is 2.27 bits per heavy atom. The number of carboxylic acid groups (broad SMARTS) is 1. The Morgan fingerprint density at radius 1 is 1.64 bits per heavy atom. The van der Waals surface area contributed by atoms with E-state index < -0.39 is 5.97 Å². The van der Waals surface area contributed by atoms with Gasteiger partial charge in [0.25, 0.3) is 0 Å². The molecule has 1 saturated carbocycles. The molecule has 0 radical (unpaired) electrons. The molecule has 0 unspecified atom stereocenters. The summed E-state index contributed by atoms with van der Waals surface area (Å²) in [5, 5.41) is 18.0. The van der Waals surface area contributed by atoms with Crippen molar-refractivity contribution in [3.05, 3.63) is 0 Å². The monoisotopic (exact) mass is 157 g/mol. The highest BCUT2D eigenvalue weighted by molar-refractivity contribution is 5.77. The summed E-state index contributed by atoms with van der Waals surface area (Å²) in [6.07, 6.45) is 1.47. The second-order valence-electron chi connectivity index (χ2n) is 2.69. The molecule has 0 bridgehead atoms. The SMILES string of the molecule is N=C(N)N[C@@H]1CC[C@H]1C(=O)O. The van der Waals surface area contributed by atoms with Crippen molar-refractivity contribution in [2.45, 2.75) is 18.9 Å². The van der Waals surface area contributed by atoms with E-state index in [1.807, 2.05) is 0 Å². The van der Waals surface area contributed by atoms with Crippen LogP contribution < -0.4 is 11.1 Å². The maximum absolute atomic E-state index is 10.4. The first-order valence-electron chi connectivity index (χ1n) is 3.44. The average Bonchev–Trinajstić information content (AvgIpc) is 1.78. The van der Waals surface area contributed by atoms with Crippen LogP contribution in [0.3, 0.4) is 0 Å². The van der Waals surface area contributed by atoms with Gasteiger partial charge in [-0.2, -0.15) is 0 Å². The van der Waals surface area contributed by atoms with Gasteiger partial charge in [-0.25, -0.2) is 0 Å². The van der Waals surface area contributed by atoms with Crippen LogP contribution in [-0.2, 0) is 4.79 Å². The van der Waals surface area contributed by atoms with Crippen LogP contribution in [0.4, 0.5) is 0 Å². The van der Waals surface area contributed by atoms with E-state index in [9.17, 15) is 4.79 Å². The van der Waals surface area contributed by atoms with E-state index in [2.05, 4.69) is 5.32 Å². The van der Waals surface area contributed by atoms with Gasteiger partial charge in [-0.15, -0.1) is 0 Å². The summed E-state index contributed by atoms with van der Waals surface area (Å²) >= 11 is 0. The average molecular weight is 157 g/mol. The van der Waals surface area contributed by atoms with E-state index in [4.69, 9.17) is 16.2 Å². The third-order valence-electron chi connectivity index (χ3n) is 1.93. The molecule has 5 nitrogen and oxygen atoms in total. The minimum absolute atomic E-state index is 0.134. The fourth-order valence-electron chi connectivity index (χ4n) is 1.17. The van der Waals surface area contributed by atoms with Gasteiger partial charge < -0.3 is 16.2 Å². The minimum atomic E-state index is -0.810. The molecular weight excluding hydrogens is 146 g/mol. The molecule has 1 aliphatic rings. The van der Waals surface area contributed by atoms with Gasteiger partial charge >= 0.3 is 5.97 Å². The van der Waals surface area contributed by atoms with E-state index >= 15 is 0 Å². The quantitative estimate of drug-likeness (QED) is 0.315. The van der Waals surface area contributed by atoms with Gasteiger partial charge in [0.2, 0.25) is 0 Å². The van der Waals surface area contributed by atoms with Gasteiger partial charge in [0, 0.05) is 6.04 Å². The number of rotatable bonds is 2. The van der Waals surface area contributed by atoms with E-state index in [-0.39, 0.29) is 17.9 Å². The van der Waals surface area contributed by atoms with Gasteiger partial charge in [-0.1, -0.05) is 0 Å². The number of nitrogens with two attached hydrogens (primary N) is 1. The van der Waals surface area contributed by atoms with Crippen LogP contribution in [0.5, 0.6) is 0 Å². The highest BCUT2D eigenvalue weighted by Gasteiger charge is 2.36. The fraction of sp³-hybridized carbons (Fsp3) is 0.667. The molecule has 1 aliphatic carbocycles. The standard InChI is InChI=1S/C6H11N3O2/c7-6(8)9-4-2-1-3(4)5(10)11/h3-4H,1-2H2,(H,10,11)(H4,7,8,9)/t3-,4-/m1/s1. The maximum Gasteiger partial charge on any atom is 0.308 e. The van der Waals surface area contributed by atoms with Crippen molar-refractivity contribution in [1.29, 1.82) is 5.41 Å². The summed E-state index contributed by atoms with van der Waals surface area (Å²) < 4.78 is 0. The Labute approximate surface area is 64.1 Å². The van der Waals surface area contributed by atoms with Crippen LogP contribution in [0.25, 0.3) is 0 Å². The first-order chi connectivity index (χ1) is 5.11. The Morgan fingerprint density at radius 3 is 2.55 bits per heavy atom. The molecule has 1 rings (SSSR count). The number of hydrogen-bond acceptors (Lipinski definition) is 2. The van der Waals surface area contributed by atoms with Gasteiger partial charge in [-0.3, -0.25) is 10.2 Å². The zero-order chi connectivity index (χ0) is 8.43. The zero-order valence-electron chi connectivity index (χ0n) is 6.00. The smallest absolute Gasteiger partial charge is 0.308 e. The molecule has 5 N–H and O–H groups in total. The Balaban J connectivity index is 2.37. The summed E-state index contributed by atoms with van der Waals surface area (Å²) in [5.74, 6) is -1.32. The lowest BCUT2D eigenvalue weighted by molar-refractivity contribution is -0.145. The molecule has 0 aromatic rings. The van der Waals surface area contributed by atoms with Crippen molar-refractivity contribution in [2.75, 3.05) is 0 Å². The number of nitrogens with one attached hydrogen (secondary N) is 2. The topological polar surface area (TPSA) is 99.2 Å². The second kappa shape index (κ2) is 2.77. The molecule has 62 valence electrons. The van der Waals surface area contributed by atoms with Crippen molar-refractivity contribution in [3.8, 4) is 0 Å². The molecule has 1 fully saturated rings. The van der Waals surface area contributed by atoms with Gasteiger partial charge in [-0.05, 0) is 12.8 Å². The van der Waals surface area contributed by atoms with Crippen LogP contribution in [0.2, 0.25) is 0 Å². The summed E-state index contributed by atoms with van der Waals surface area (Å²) in [5.41, 5.74) is 5.04. The van der Waals surface area contributed by atoms with E-state index in [1.165, 1.54) is 0 Å². The summed E-state index contributed by atoms with van der Waals surface area (Å²) in [7, 11) is 0. The second-order valence-corrected chi connectivity index (χ2v) is 2.69. The third-order valence-corrected chi connectivity index (χ3v) is 1.93. The van der Waals surface area contributed by atoms with Gasteiger partial charge in [0.1, 0.15) is 0 Å². The number of hydrogen-bond donors (Lipinski definition) is 4. The summed E-state index contributed by atoms with van der Waals surface area (Å²) in [6.45, 7) is 0. The number of carbonyl (C=O) groups is 1. The normalized spacial score (nSPS) is 28.7. The fourth-order valence-corrected chi connectivity index (χ4v) is 1.17. The van der Waals surface area contributed by atoms with Crippen LogP contribution in [0.15, 0.2) is 0 Å². The molecule has 0 amide bonds. The van der Waals surface area contributed by atoms with Crippen LogP contribution in [0, 0.1) is 11.3 Å². The van der Waals surface area contributed by atoms with Crippen molar-refractivity contribution in [2.24, 2.45) is 11.7 Å². The molecular formula is C6H11N3O2. The van der Waals surface area contributed by atoms with Gasteiger partial charge in [0.05, 0.1) is 5.92 Å². The molecule has 0 aromatic heterocycles. The van der Waals surface area contributed by atoms with Crippen LogP contribution >= 0.6 is 0 Å². The Kier molecular flexibility index (Phi) is 1.98. The van der Waals surface area contributed by atoms with Crippen molar-refractivity contribution in [1.82, 2.24) is 5.32 Å². The number of guanidine groups is 1. The maximum atomic E-state index is 10.4. The molecule has 0 spiro atoms. The highest BCUT2D eigenvalue weighted by Crippen LogP contribution is 2.27. The molecule has 0 saturated heterocycles. The molecule has 0 aromatic carbocycles. The van der Waals surface area contributed by atoms with E-state index in [0.717, 1.165) is 6.42 Å². The predicted molar refractivity (Wildman–Crippen MR) is 39.2 cm³/mol. The van der Waals surface area contributed by atoms with Crippen LogP contribution in [0.1, 0.15) is 12.8 Å². The first-order valence-corrected chi connectivity index (χ1v) is 3.44. The summed E-state index contributed by atoms with van der Waals surface area (Å²) in [6, 6.07) is -0.134. The number of aliphatic carboxylic acids is 1. The minimum Gasteiger partial charge on any atom is -0.481 e. The largest absolute Gasteiger partial charge is 0.481 e. The van der Waals surface area contributed by atoms with E-state index in [1.54, 1.807) is 0 Å². The lowest BCUT2D eigenvalue weighted by Crippen LogP contribution is -2.51. The van der Waals surface area contributed by atoms with Gasteiger partial charge in [0.15, 0.2) is 5.96 Å². The molecule has 0 heterocycles.